The van der Waals surface area contributed by atoms with E-state index in [1.165, 1.54) is 5.32 Å². The number of hydrogen-bond acceptors (Lipinski definition) is 2. The molecule has 0 aliphatic rings. The van der Waals surface area contributed by atoms with Crippen LogP contribution in [0.25, 0.3) is 0 Å². The van der Waals surface area contributed by atoms with Crippen molar-refractivity contribution in [3.63, 3.8) is 0 Å². The van der Waals surface area contributed by atoms with Gasteiger partial charge in [0.1, 0.15) is 13.9 Å². The summed E-state index contributed by atoms with van der Waals surface area (Å²) in [5.74, 6) is 1.06. The van der Waals surface area contributed by atoms with Gasteiger partial charge in [0.2, 0.25) is 0 Å². The summed E-state index contributed by atoms with van der Waals surface area (Å²) in [5.41, 5.74) is 0. The summed E-state index contributed by atoms with van der Waals surface area (Å²) in [4.78, 5) is 6.68. The van der Waals surface area contributed by atoms with Gasteiger partial charge in [-0.2, -0.15) is 0 Å². The van der Waals surface area contributed by atoms with Crippen molar-refractivity contribution in [1.82, 2.24) is 4.98 Å². The molecule has 0 aliphatic heterocycles. The van der Waals surface area contributed by atoms with Gasteiger partial charge in [0, 0.05) is 19.4 Å². The topological polar surface area (TPSA) is 16.1 Å². The Morgan fingerprint density at radius 3 is 2.23 bits per heavy atom. The van der Waals surface area contributed by atoms with Crippen LogP contribution >= 0.6 is 0 Å². The lowest BCUT2D eigenvalue weighted by molar-refractivity contribution is 1.08. The zero-order valence-corrected chi connectivity index (χ0v) is 10.1. The van der Waals surface area contributed by atoms with Gasteiger partial charge in [0.05, 0.1) is 0 Å². The summed E-state index contributed by atoms with van der Waals surface area (Å²) < 4.78 is 0. The maximum Gasteiger partial charge on any atom is 0.127 e. The van der Waals surface area contributed by atoms with Gasteiger partial charge >= 0.3 is 0 Å². The predicted molar refractivity (Wildman–Crippen MR) is 61.5 cm³/mol. The molecule has 0 radical (unpaired) electrons. The Labute approximate surface area is 81.6 Å². The SMILES string of the molecule is CN(C)c1cccc([Si](C)(C)C)n1. The van der Waals surface area contributed by atoms with Crippen LogP contribution in [0.5, 0.6) is 0 Å². The Morgan fingerprint density at radius 1 is 1.15 bits per heavy atom. The van der Waals surface area contributed by atoms with E-state index in [9.17, 15) is 0 Å². The molecule has 72 valence electrons. The van der Waals surface area contributed by atoms with E-state index in [-0.39, 0.29) is 0 Å². The fourth-order valence-electron chi connectivity index (χ4n) is 1.09. The third-order valence-corrected chi connectivity index (χ3v) is 3.78. The highest BCUT2D eigenvalue weighted by Gasteiger charge is 2.18. The lowest BCUT2D eigenvalue weighted by atomic mass is 10.4. The van der Waals surface area contributed by atoms with Crippen molar-refractivity contribution in [3.8, 4) is 0 Å². The predicted octanol–water partition coefficient (Wildman–Crippen LogP) is 1.69. The second-order valence-electron chi connectivity index (χ2n) is 4.53. The molecule has 13 heavy (non-hydrogen) atoms. The average molecular weight is 194 g/mol. The molecule has 0 aliphatic carbocycles. The summed E-state index contributed by atoms with van der Waals surface area (Å²) in [5, 5.41) is 1.28. The van der Waals surface area contributed by atoms with Crippen LogP contribution in [0, 0.1) is 0 Å². The number of pyridine rings is 1. The number of rotatable bonds is 2. The molecule has 0 bridgehead atoms. The quantitative estimate of drug-likeness (QED) is 0.666. The molecule has 0 atom stereocenters. The standard InChI is InChI=1S/C10H18N2Si/c1-12(2)9-7-6-8-10(11-9)13(3,4)5/h6-8H,1-5H3. The first-order valence-electron chi connectivity index (χ1n) is 4.56. The third-order valence-electron chi connectivity index (χ3n) is 1.96. The summed E-state index contributed by atoms with van der Waals surface area (Å²) >= 11 is 0. The molecular weight excluding hydrogens is 176 g/mol. The molecular formula is C10H18N2Si. The van der Waals surface area contributed by atoms with E-state index in [0.717, 1.165) is 5.82 Å². The maximum absolute atomic E-state index is 4.63. The van der Waals surface area contributed by atoms with Gasteiger partial charge in [-0.3, -0.25) is 0 Å². The van der Waals surface area contributed by atoms with Crippen molar-refractivity contribution >= 4 is 19.2 Å². The van der Waals surface area contributed by atoms with Crippen LogP contribution in [-0.4, -0.2) is 27.2 Å². The van der Waals surface area contributed by atoms with Crippen LogP contribution < -0.4 is 10.2 Å². The van der Waals surface area contributed by atoms with Crippen LogP contribution in [0.1, 0.15) is 0 Å². The Hall–Kier alpha value is -0.833. The zero-order chi connectivity index (χ0) is 10.1. The first-order chi connectivity index (χ1) is 5.91. The van der Waals surface area contributed by atoms with E-state index in [2.05, 4.69) is 36.8 Å². The van der Waals surface area contributed by atoms with Gasteiger partial charge in [-0.05, 0) is 12.1 Å². The van der Waals surface area contributed by atoms with Crippen molar-refractivity contribution in [2.24, 2.45) is 0 Å². The summed E-state index contributed by atoms with van der Waals surface area (Å²) in [6.45, 7) is 6.94. The molecule has 0 unspecified atom stereocenters. The molecule has 3 heteroatoms. The molecule has 0 saturated heterocycles. The second kappa shape index (κ2) is 3.50. The Morgan fingerprint density at radius 2 is 1.77 bits per heavy atom. The van der Waals surface area contributed by atoms with Gasteiger partial charge in [0.15, 0.2) is 0 Å². The molecule has 0 saturated carbocycles. The van der Waals surface area contributed by atoms with Crippen LogP contribution in [0.2, 0.25) is 19.6 Å². The van der Waals surface area contributed by atoms with E-state index < -0.39 is 8.07 Å². The van der Waals surface area contributed by atoms with Gasteiger partial charge in [-0.15, -0.1) is 0 Å². The summed E-state index contributed by atoms with van der Waals surface area (Å²) in [7, 11) is 2.80. The van der Waals surface area contributed by atoms with Gasteiger partial charge in [-0.25, -0.2) is 4.98 Å². The van der Waals surface area contributed by atoms with Gasteiger partial charge in [-0.1, -0.05) is 25.7 Å². The van der Waals surface area contributed by atoms with Crippen LogP contribution in [0.4, 0.5) is 5.82 Å². The highest BCUT2D eigenvalue weighted by molar-refractivity contribution is 6.88. The Bertz CT molecular complexity index is 289. The molecule has 2 nitrogen and oxygen atoms in total. The third kappa shape index (κ3) is 2.55. The first-order valence-corrected chi connectivity index (χ1v) is 8.06. The monoisotopic (exact) mass is 194 g/mol. The molecule has 1 rings (SSSR count). The maximum atomic E-state index is 4.63. The molecule has 0 N–H and O–H groups in total. The zero-order valence-electron chi connectivity index (χ0n) is 9.13. The van der Waals surface area contributed by atoms with Crippen molar-refractivity contribution in [2.75, 3.05) is 19.0 Å². The minimum atomic E-state index is -1.25. The molecule has 1 heterocycles. The molecule has 0 aromatic carbocycles. The number of nitrogens with zero attached hydrogens (tertiary/aromatic N) is 2. The lowest BCUT2D eigenvalue weighted by Crippen LogP contribution is -2.40. The van der Waals surface area contributed by atoms with E-state index in [4.69, 9.17) is 0 Å². The first kappa shape index (κ1) is 10.2. The minimum Gasteiger partial charge on any atom is -0.363 e. The number of hydrogen-bond donors (Lipinski definition) is 0. The molecule has 0 amide bonds. The van der Waals surface area contributed by atoms with E-state index in [1.807, 2.05) is 25.1 Å². The molecule has 1 aromatic rings. The largest absolute Gasteiger partial charge is 0.363 e. The smallest absolute Gasteiger partial charge is 0.127 e. The minimum absolute atomic E-state index is 1.06. The number of anilines is 1. The highest BCUT2D eigenvalue weighted by atomic mass is 28.3. The fourth-order valence-corrected chi connectivity index (χ4v) is 2.14. The van der Waals surface area contributed by atoms with Crippen LogP contribution in [-0.2, 0) is 0 Å². The summed E-state index contributed by atoms with van der Waals surface area (Å²) in [6, 6.07) is 6.28. The van der Waals surface area contributed by atoms with Crippen molar-refractivity contribution in [1.29, 1.82) is 0 Å². The Balaban J connectivity index is 3.06. The van der Waals surface area contributed by atoms with Crippen molar-refractivity contribution < 1.29 is 0 Å². The van der Waals surface area contributed by atoms with Crippen LogP contribution in [0.3, 0.4) is 0 Å². The normalized spacial score (nSPS) is 11.5. The molecule has 0 fully saturated rings. The average Bonchev–Trinajstić information content (AvgIpc) is 2.03. The molecule has 1 aromatic heterocycles. The van der Waals surface area contributed by atoms with E-state index in [0.29, 0.717) is 0 Å². The number of aromatic nitrogens is 1. The van der Waals surface area contributed by atoms with E-state index >= 15 is 0 Å². The van der Waals surface area contributed by atoms with E-state index in [1.54, 1.807) is 0 Å². The lowest BCUT2D eigenvalue weighted by Gasteiger charge is -2.18. The second-order valence-corrected chi connectivity index (χ2v) is 9.54. The van der Waals surface area contributed by atoms with Crippen molar-refractivity contribution in [3.05, 3.63) is 18.2 Å². The Kier molecular flexibility index (Phi) is 2.76. The highest BCUT2D eigenvalue weighted by Crippen LogP contribution is 2.06. The van der Waals surface area contributed by atoms with Crippen molar-refractivity contribution in [2.45, 2.75) is 19.6 Å². The fraction of sp³-hybridized carbons (Fsp3) is 0.500. The summed E-state index contributed by atoms with van der Waals surface area (Å²) in [6.07, 6.45) is 0. The van der Waals surface area contributed by atoms with Gasteiger partial charge in [0.25, 0.3) is 0 Å². The molecule has 0 spiro atoms. The van der Waals surface area contributed by atoms with Crippen LogP contribution in [0.15, 0.2) is 18.2 Å². The van der Waals surface area contributed by atoms with Gasteiger partial charge < -0.3 is 4.90 Å².